The van der Waals surface area contributed by atoms with Gasteiger partial charge in [0.25, 0.3) is 0 Å². The minimum atomic E-state index is -2.29. The Balaban J connectivity index is 0.000000500. The summed E-state index contributed by atoms with van der Waals surface area (Å²) in [5.41, 5.74) is 8.23. The minimum Gasteiger partial charge on any atom is -0.457 e. The van der Waals surface area contributed by atoms with Gasteiger partial charge in [-0.1, -0.05) is 126 Å². The number of methoxy groups -OCH3 is 2. The molecule has 22 atom stereocenters. The van der Waals surface area contributed by atoms with Crippen LogP contribution in [0.1, 0.15) is 190 Å². The molecule has 0 aromatic rings. The van der Waals surface area contributed by atoms with E-state index in [1.165, 1.54) is 26.8 Å². The van der Waals surface area contributed by atoms with Crippen molar-refractivity contribution in [3.63, 3.8) is 0 Å². The molecule has 0 aromatic heterocycles. The van der Waals surface area contributed by atoms with Crippen LogP contribution in [-0.4, -0.2) is 178 Å². The topological polar surface area (TPSA) is 280 Å². The van der Waals surface area contributed by atoms with Crippen molar-refractivity contribution >= 4 is 40.5 Å². The lowest BCUT2D eigenvalue weighted by Gasteiger charge is -2.40. The van der Waals surface area contributed by atoms with Crippen LogP contribution in [0.2, 0.25) is 36.3 Å². The summed E-state index contributed by atoms with van der Waals surface area (Å²) in [6.45, 7) is 45.9. The molecule has 0 aromatic carbocycles. The normalized spacial score (nSPS) is 33.4. The number of halogens is 1. The molecule has 552 valence electrons. The zero-order valence-electron chi connectivity index (χ0n) is 63.4. The first-order valence-electron chi connectivity index (χ1n) is 34.9. The molecular formula is C74H129FN2O17Si2. The van der Waals surface area contributed by atoms with Gasteiger partial charge in [-0.05, 0) is 146 Å². The molecule has 6 unspecified atom stereocenters. The third-order valence-electron chi connectivity index (χ3n) is 21.0. The SMILES string of the molecule is CC[C@H](OC)[C@@H](C)[C@H]1O[C@@H]1C(N)C(C)(F)/C=C/C=C(\C)C1OC(=O)C[C@H](O[Si](C)(C)C(C)(C)C)CC[C@@](C)(O)[C@@H](OC(C)=O)/C=C/[C@@H]1C.CC[C@H](OC)[C@@H](C)[C@H]1O[C@@H]1C(N)C(C)(O)/C=C/C=C(\C)C1OC(=O)C[C@H](O[Si](C)(C)C(C)(C)C)CC[C@@](C)(O)[C@@H](OC(C)=O)/C=C/[C@@H]1C. The summed E-state index contributed by atoms with van der Waals surface area (Å²) in [5, 5.41) is 34.1. The predicted octanol–water partition coefficient (Wildman–Crippen LogP) is 12.5. The molecule has 0 radical (unpaired) electrons. The Kier molecular flexibility index (Phi) is 32.2. The number of alkyl halides is 1. The number of carbonyl (C=O) groups is 4. The maximum absolute atomic E-state index is 15.9. The van der Waals surface area contributed by atoms with Crippen LogP contribution in [0.25, 0.3) is 0 Å². The smallest absolute Gasteiger partial charge is 0.308 e. The monoisotopic (exact) mass is 1390 g/mol. The number of hydrogen-bond donors (Lipinski definition) is 5. The molecule has 0 bridgehead atoms. The number of ether oxygens (including phenoxy) is 8. The van der Waals surface area contributed by atoms with Gasteiger partial charge in [-0.15, -0.1) is 0 Å². The largest absolute Gasteiger partial charge is 0.457 e. The zero-order chi connectivity index (χ0) is 73.7. The fourth-order valence-electron chi connectivity index (χ4n) is 12.1. The van der Waals surface area contributed by atoms with Crippen molar-refractivity contribution in [1.29, 1.82) is 0 Å². The first-order valence-corrected chi connectivity index (χ1v) is 40.7. The van der Waals surface area contributed by atoms with Crippen molar-refractivity contribution in [2.75, 3.05) is 14.2 Å². The van der Waals surface area contributed by atoms with E-state index in [-0.39, 0.29) is 90.0 Å². The van der Waals surface area contributed by atoms with Gasteiger partial charge in [0, 0.05) is 51.7 Å². The van der Waals surface area contributed by atoms with E-state index in [1.54, 1.807) is 89.7 Å². The molecule has 2 saturated heterocycles. The van der Waals surface area contributed by atoms with Crippen LogP contribution >= 0.6 is 0 Å². The summed E-state index contributed by atoms with van der Waals surface area (Å²) in [6, 6.07) is -1.54. The van der Waals surface area contributed by atoms with E-state index in [9.17, 15) is 34.5 Å². The summed E-state index contributed by atoms with van der Waals surface area (Å²) < 4.78 is 75.3. The highest BCUT2D eigenvalue weighted by Crippen LogP contribution is 2.43. The van der Waals surface area contributed by atoms with E-state index in [2.05, 4.69) is 81.6 Å². The van der Waals surface area contributed by atoms with Gasteiger partial charge < -0.3 is 73.5 Å². The number of cyclic esters (lactones) is 2. The van der Waals surface area contributed by atoms with Crippen molar-refractivity contribution in [1.82, 2.24) is 0 Å². The third-order valence-corrected chi connectivity index (χ3v) is 30.0. The fraction of sp³-hybridized carbons (Fsp3) is 0.784. The van der Waals surface area contributed by atoms with E-state index in [4.69, 9.17) is 58.2 Å². The summed E-state index contributed by atoms with van der Waals surface area (Å²) in [7, 11) is -1.22. The van der Waals surface area contributed by atoms with Gasteiger partial charge >= 0.3 is 23.9 Å². The first-order chi connectivity index (χ1) is 43.9. The molecule has 0 saturated carbocycles. The Morgan fingerprint density at radius 3 is 1.30 bits per heavy atom. The number of allylic oxidation sites excluding steroid dienone is 4. The third kappa shape index (κ3) is 25.4. The van der Waals surface area contributed by atoms with Crippen LogP contribution < -0.4 is 11.5 Å². The molecule has 22 heteroatoms. The van der Waals surface area contributed by atoms with Gasteiger partial charge in [-0.3, -0.25) is 19.2 Å². The summed E-state index contributed by atoms with van der Waals surface area (Å²) in [6.07, 6.45) is 14.5. The highest BCUT2D eigenvalue weighted by atomic mass is 28.4. The molecule has 4 heterocycles. The van der Waals surface area contributed by atoms with E-state index in [0.717, 1.165) is 18.4 Å². The maximum Gasteiger partial charge on any atom is 0.308 e. The van der Waals surface area contributed by atoms with Crippen LogP contribution in [0.3, 0.4) is 0 Å². The van der Waals surface area contributed by atoms with E-state index >= 15 is 4.39 Å². The fourth-order valence-corrected chi connectivity index (χ4v) is 14.9. The van der Waals surface area contributed by atoms with Crippen LogP contribution in [0.5, 0.6) is 0 Å². The lowest BCUT2D eigenvalue weighted by molar-refractivity contribution is -0.158. The molecule has 4 aliphatic rings. The Bertz CT molecular complexity index is 2520. The summed E-state index contributed by atoms with van der Waals surface area (Å²) in [5.74, 6) is -2.35. The maximum atomic E-state index is 15.9. The Labute approximate surface area is 578 Å². The van der Waals surface area contributed by atoms with Crippen LogP contribution in [0.15, 0.2) is 71.9 Å². The number of esters is 4. The second-order valence-corrected chi connectivity index (χ2v) is 41.3. The lowest BCUT2D eigenvalue weighted by atomic mass is 9.87. The number of rotatable bonds is 24. The van der Waals surface area contributed by atoms with Crippen molar-refractivity contribution in [3.8, 4) is 0 Å². The van der Waals surface area contributed by atoms with Crippen molar-refractivity contribution in [2.45, 2.75) is 334 Å². The molecule has 0 aliphatic carbocycles. The van der Waals surface area contributed by atoms with Crippen molar-refractivity contribution < 1.29 is 85.6 Å². The number of aliphatic hydroxyl groups is 3. The van der Waals surface area contributed by atoms with Crippen LogP contribution in [0, 0.1) is 23.7 Å². The molecule has 0 amide bonds. The van der Waals surface area contributed by atoms with E-state index < -0.39 is 118 Å². The highest BCUT2D eigenvalue weighted by Gasteiger charge is 2.55. The van der Waals surface area contributed by atoms with Gasteiger partial charge in [0.1, 0.15) is 53.5 Å². The average molecular weight is 1390 g/mol. The zero-order valence-corrected chi connectivity index (χ0v) is 65.4. The first kappa shape index (κ1) is 86.5. The summed E-state index contributed by atoms with van der Waals surface area (Å²) in [4.78, 5) is 51.0. The second kappa shape index (κ2) is 35.7. The molecule has 4 rings (SSSR count). The number of carbonyl (C=O) groups excluding carboxylic acids is 4. The average Bonchev–Trinajstić information content (AvgIpc) is 1.62. The lowest BCUT2D eigenvalue weighted by Crippen LogP contribution is -2.49. The Morgan fingerprint density at radius 1 is 0.635 bits per heavy atom. The number of epoxide rings is 2. The highest BCUT2D eigenvalue weighted by molar-refractivity contribution is 6.74. The van der Waals surface area contributed by atoms with Gasteiger partial charge in [0.05, 0.1) is 67.2 Å². The Hall–Kier alpha value is -3.76. The molecule has 2 fully saturated rings. The van der Waals surface area contributed by atoms with Crippen LogP contribution in [-0.2, 0) is 65.9 Å². The van der Waals surface area contributed by atoms with Gasteiger partial charge in [-0.25, -0.2) is 4.39 Å². The van der Waals surface area contributed by atoms with E-state index in [0.29, 0.717) is 18.4 Å². The van der Waals surface area contributed by atoms with Crippen LogP contribution in [0.4, 0.5) is 4.39 Å². The minimum absolute atomic E-state index is 0.00276. The molecule has 7 N–H and O–H groups in total. The molecule has 0 spiro atoms. The number of hydrogen-bond acceptors (Lipinski definition) is 19. The molecule has 19 nitrogen and oxygen atoms in total. The van der Waals surface area contributed by atoms with Gasteiger partial charge in [-0.2, -0.15) is 0 Å². The molecule has 4 aliphatic heterocycles. The predicted molar refractivity (Wildman–Crippen MR) is 380 cm³/mol. The molecule has 96 heavy (non-hydrogen) atoms. The van der Waals surface area contributed by atoms with Gasteiger partial charge in [0.2, 0.25) is 0 Å². The Morgan fingerprint density at radius 2 is 0.979 bits per heavy atom. The summed E-state index contributed by atoms with van der Waals surface area (Å²) >= 11 is 0. The van der Waals surface area contributed by atoms with Crippen molar-refractivity contribution in [2.24, 2.45) is 35.1 Å². The number of nitrogens with two attached hydrogens (primary N) is 2. The standard InChI is InChI=1S/C37H64FNO8Si.C37H65NO9Si/c1-14-28(43-11)25(4)32-33(46-32)34(39)36(9,38)20-15-16-23(2)31-24(3)17-18-29(44-26(5)40)37(10,42)21-19-27(22-30(41)45-31)47-48(12,13)35(6,7)8;1-14-28(43-11)25(4)32-33(46-32)34(38)37(10,42)20-15-16-23(2)31-24(3)17-18-29(44-26(5)39)36(9,41)21-19-27(22-30(40)45-31)47-48(12,13)35(6,7)8/h15-18,20,24-25,27-29,31-34,42H,14,19,21-22,39H2,1-13H3;15-18,20,24-25,27-29,31-34,41-42H,14,19,21-22,38H2,1-13H3/b2*18-17+,20-15+,23-16+/t24-,25+,27+,28-,29-,31?,32+,33-,34?,36?,37+;24-,25+,27+,28-,29-,31?,32+,33-,34?,36+,37?/m00/s1. The van der Waals surface area contributed by atoms with Gasteiger partial charge in [0.15, 0.2) is 16.6 Å². The quantitative estimate of drug-likeness (QED) is 0.0150. The molecular weight excluding hydrogens is 1260 g/mol. The second-order valence-electron chi connectivity index (χ2n) is 31.8. The van der Waals surface area contributed by atoms with Crippen molar-refractivity contribution in [3.05, 3.63) is 71.9 Å². The van der Waals surface area contributed by atoms with E-state index in [1.807, 2.05) is 41.5 Å².